The molecule has 1 fully saturated rings. The average Bonchev–Trinajstić information content (AvgIpc) is 2.47. The number of aryl methyl sites for hydroxylation is 1. The Labute approximate surface area is 97.4 Å². The second-order valence-electron chi connectivity index (χ2n) is 3.65. The Morgan fingerprint density at radius 1 is 1.50 bits per heavy atom. The maximum Gasteiger partial charge on any atom is 0.0340 e. The molecule has 1 aromatic heterocycles. The maximum absolute atomic E-state index is 3.61. The van der Waals surface area contributed by atoms with Crippen molar-refractivity contribution in [2.45, 2.75) is 13.5 Å². The lowest BCUT2D eigenvalue weighted by atomic mass is 10.3. The molecule has 14 heavy (non-hydrogen) atoms. The van der Waals surface area contributed by atoms with Crippen LogP contribution in [0.4, 0.5) is 0 Å². The summed E-state index contributed by atoms with van der Waals surface area (Å²) >= 11 is 5.51. The van der Waals surface area contributed by atoms with E-state index in [4.69, 9.17) is 0 Å². The minimum absolute atomic E-state index is 1.10. The SMILES string of the molecule is Cc1cc(Br)c(CN2CCNCC2)s1. The van der Waals surface area contributed by atoms with Gasteiger partial charge in [0.1, 0.15) is 0 Å². The van der Waals surface area contributed by atoms with Crippen LogP contribution in [0.25, 0.3) is 0 Å². The first-order valence-electron chi connectivity index (χ1n) is 4.93. The smallest absolute Gasteiger partial charge is 0.0340 e. The predicted molar refractivity (Wildman–Crippen MR) is 64.9 cm³/mol. The summed E-state index contributed by atoms with van der Waals surface area (Å²) in [5.74, 6) is 0. The quantitative estimate of drug-likeness (QED) is 0.890. The fourth-order valence-corrected chi connectivity index (χ4v) is 3.54. The molecule has 0 bridgehead atoms. The number of hydrogen-bond acceptors (Lipinski definition) is 3. The van der Waals surface area contributed by atoms with Crippen LogP contribution in [0.15, 0.2) is 10.5 Å². The van der Waals surface area contributed by atoms with Crippen LogP contribution < -0.4 is 5.32 Å². The van der Waals surface area contributed by atoms with Crippen LogP contribution in [0.1, 0.15) is 9.75 Å². The molecule has 1 aromatic rings. The van der Waals surface area contributed by atoms with Gasteiger partial charge in [0.15, 0.2) is 0 Å². The first-order chi connectivity index (χ1) is 6.75. The Morgan fingerprint density at radius 2 is 2.21 bits per heavy atom. The third kappa shape index (κ3) is 2.57. The Morgan fingerprint density at radius 3 is 2.79 bits per heavy atom. The first kappa shape index (κ1) is 10.6. The van der Waals surface area contributed by atoms with E-state index in [1.807, 2.05) is 11.3 Å². The molecule has 2 heterocycles. The molecular weight excluding hydrogens is 260 g/mol. The Bertz CT molecular complexity index is 305. The maximum atomic E-state index is 3.61. The monoisotopic (exact) mass is 274 g/mol. The Balaban J connectivity index is 1.98. The highest BCUT2D eigenvalue weighted by Crippen LogP contribution is 2.27. The molecular formula is C10H15BrN2S. The van der Waals surface area contributed by atoms with E-state index in [2.05, 4.69) is 39.1 Å². The molecule has 1 N–H and O–H groups in total. The lowest BCUT2D eigenvalue weighted by Gasteiger charge is -2.26. The van der Waals surface area contributed by atoms with Gasteiger partial charge in [-0.05, 0) is 28.9 Å². The minimum Gasteiger partial charge on any atom is -0.314 e. The fourth-order valence-electron chi connectivity index (χ4n) is 1.71. The third-order valence-electron chi connectivity index (χ3n) is 2.46. The summed E-state index contributed by atoms with van der Waals surface area (Å²) in [7, 11) is 0. The molecule has 4 heteroatoms. The molecule has 1 aliphatic rings. The van der Waals surface area contributed by atoms with E-state index in [9.17, 15) is 0 Å². The molecule has 0 aliphatic carbocycles. The lowest BCUT2D eigenvalue weighted by molar-refractivity contribution is 0.235. The van der Waals surface area contributed by atoms with Gasteiger partial charge in [-0.1, -0.05) is 0 Å². The number of thiophene rings is 1. The van der Waals surface area contributed by atoms with Crippen molar-refractivity contribution in [2.24, 2.45) is 0 Å². The van der Waals surface area contributed by atoms with Gasteiger partial charge in [-0.15, -0.1) is 11.3 Å². The van der Waals surface area contributed by atoms with E-state index in [1.165, 1.54) is 27.3 Å². The van der Waals surface area contributed by atoms with Crippen LogP contribution in [-0.4, -0.2) is 31.1 Å². The Hall–Kier alpha value is 0.1000. The summed E-state index contributed by atoms with van der Waals surface area (Å²) in [5, 5.41) is 3.37. The number of piperazine rings is 1. The van der Waals surface area contributed by atoms with Gasteiger partial charge < -0.3 is 5.32 Å². The van der Waals surface area contributed by atoms with E-state index in [0.29, 0.717) is 0 Å². The second-order valence-corrected chi connectivity index (χ2v) is 5.85. The molecule has 1 saturated heterocycles. The molecule has 0 atom stereocenters. The molecule has 78 valence electrons. The molecule has 0 spiro atoms. The van der Waals surface area contributed by atoms with Crippen LogP contribution in [0, 0.1) is 6.92 Å². The van der Waals surface area contributed by atoms with Gasteiger partial charge in [-0.3, -0.25) is 4.90 Å². The van der Waals surface area contributed by atoms with E-state index in [0.717, 1.165) is 19.6 Å². The lowest BCUT2D eigenvalue weighted by Crippen LogP contribution is -2.42. The van der Waals surface area contributed by atoms with Gasteiger partial charge in [0, 0.05) is 47.0 Å². The van der Waals surface area contributed by atoms with Crippen LogP contribution in [0.3, 0.4) is 0 Å². The second kappa shape index (κ2) is 4.75. The van der Waals surface area contributed by atoms with Gasteiger partial charge in [-0.25, -0.2) is 0 Å². The van der Waals surface area contributed by atoms with Crippen LogP contribution in [-0.2, 0) is 6.54 Å². The van der Waals surface area contributed by atoms with E-state index in [1.54, 1.807) is 0 Å². The zero-order valence-electron chi connectivity index (χ0n) is 8.35. The summed E-state index contributed by atoms with van der Waals surface area (Å²) in [5.41, 5.74) is 0. The number of rotatable bonds is 2. The topological polar surface area (TPSA) is 15.3 Å². The molecule has 2 nitrogen and oxygen atoms in total. The zero-order chi connectivity index (χ0) is 9.97. The number of hydrogen-bond donors (Lipinski definition) is 1. The average molecular weight is 275 g/mol. The Kier molecular flexibility index (Phi) is 3.60. The predicted octanol–water partition coefficient (Wildman–Crippen LogP) is 2.22. The van der Waals surface area contributed by atoms with Crippen molar-refractivity contribution in [3.05, 3.63) is 20.3 Å². The van der Waals surface area contributed by atoms with Crippen molar-refractivity contribution in [1.82, 2.24) is 10.2 Å². The van der Waals surface area contributed by atoms with Gasteiger partial charge >= 0.3 is 0 Å². The molecule has 0 unspecified atom stereocenters. The zero-order valence-corrected chi connectivity index (χ0v) is 10.7. The molecule has 2 rings (SSSR count). The number of nitrogens with one attached hydrogen (secondary N) is 1. The first-order valence-corrected chi connectivity index (χ1v) is 6.54. The van der Waals surface area contributed by atoms with Gasteiger partial charge in [0.25, 0.3) is 0 Å². The van der Waals surface area contributed by atoms with Crippen LogP contribution >= 0.6 is 27.3 Å². The van der Waals surface area contributed by atoms with Gasteiger partial charge in [-0.2, -0.15) is 0 Å². The van der Waals surface area contributed by atoms with Gasteiger partial charge in [0.2, 0.25) is 0 Å². The van der Waals surface area contributed by atoms with Crippen LogP contribution in [0.5, 0.6) is 0 Å². The molecule has 0 amide bonds. The van der Waals surface area contributed by atoms with Crippen LogP contribution in [0.2, 0.25) is 0 Å². The van der Waals surface area contributed by atoms with E-state index < -0.39 is 0 Å². The summed E-state index contributed by atoms with van der Waals surface area (Å²) in [6.45, 7) is 7.86. The summed E-state index contributed by atoms with van der Waals surface area (Å²) in [4.78, 5) is 5.36. The standard InChI is InChI=1S/C10H15BrN2S/c1-8-6-9(11)10(14-8)7-13-4-2-12-3-5-13/h6,12H,2-5,7H2,1H3. The number of halogens is 1. The van der Waals surface area contributed by atoms with E-state index >= 15 is 0 Å². The van der Waals surface area contributed by atoms with Crippen molar-refractivity contribution >= 4 is 27.3 Å². The molecule has 1 aliphatic heterocycles. The van der Waals surface area contributed by atoms with E-state index in [-0.39, 0.29) is 0 Å². The molecule has 0 radical (unpaired) electrons. The van der Waals surface area contributed by atoms with Crippen molar-refractivity contribution in [2.75, 3.05) is 26.2 Å². The molecule has 0 saturated carbocycles. The minimum atomic E-state index is 1.10. The van der Waals surface area contributed by atoms with Crippen molar-refractivity contribution in [3.8, 4) is 0 Å². The highest BCUT2D eigenvalue weighted by atomic mass is 79.9. The summed E-state index contributed by atoms with van der Waals surface area (Å²) < 4.78 is 1.28. The van der Waals surface area contributed by atoms with Crippen molar-refractivity contribution < 1.29 is 0 Å². The molecule has 0 aromatic carbocycles. The largest absolute Gasteiger partial charge is 0.314 e. The summed E-state index contributed by atoms with van der Waals surface area (Å²) in [6, 6.07) is 2.21. The van der Waals surface area contributed by atoms with Gasteiger partial charge in [0.05, 0.1) is 0 Å². The summed E-state index contributed by atoms with van der Waals surface area (Å²) in [6.07, 6.45) is 0. The van der Waals surface area contributed by atoms with Crippen molar-refractivity contribution in [1.29, 1.82) is 0 Å². The third-order valence-corrected chi connectivity index (χ3v) is 4.46. The fraction of sp³-hybridized carbons (Fsp3) is 0.600. The normalized spacial score (nSPS) is 18.7. The highest BCUT2D eigenvalue weighted by molar-refractivity contribution is 9.10. The highest BCUT2D eigenvalue weighted by Gasteiger charge is 2.12. The van der Waals surface area contributed by atoms with Crippen molar-refractivity contribution in [3.63, 3.8) is 0 Å². The number of nitrogens with zero attached hydrogens (tertiary/aromatic N) is 1.